The minimum atomic E-state index is 0.207. The lowest BCUT2D eigenvalue weighted by molar-refractivity contribution is -0.894. The highest BCUT2D eigenvalue weighted by Gasteiger charge is 2.28. The monoisotopic (exact) mass is 303 g/mol. The summed E-state index contributed by atoms with van der Waals surface area (Å²) in [6.45, 7) is 5.54. The van der Waals surface area contributed by atoms with Crippen molar-refractivity contribution in [2.24, 2.45) is 0 Å². The Kier molecular flexibility index (Phi) is 4.10. The van der Waals surface area contributed by atoms with Crippen molar-refractivity contribution in [1.82, 2.24) is 4.90 Å². The van der Waals surface area contributed by atoms with Crippen LogP contribution in [-0.4, -0.2) is 68.7 Å². The van der Waals surface area contributed by atoms with E-state index in [1.165, 1.54) is 5.56 Å². The summed E-state index contributed by atoms with van der Waals surface area (Å²) in [6.07, 6.45) is 2.07. The van der Waals surface area contributed by atoms with Crippen molar-refractivity contribution >= 4 is 17.3 Å². The average molecular weight is 303 g/mol. The number of nitrogens with zero attached hydrogens (tertiary/aromatic N) is 3. The van der Waals surface area contributed by atoms with Crippen molar-refractivity contribution in [3.63, 3.8) is 0 Å². The van der Waals surface area contributed by atoms with Crippen molar-refractivity contribution in [2.75, 3.05) is 64.0 Å². The van der Waals surface area contributed by atoms with Crippen LogP contribution in [0, 0.1) is 0 Å². The third-order valence-corrected chi connectivity index (χ3v) is 4.93. The molecule has 2 N–H and O–H groups in total. The van der Waals surface area contributed by atoms with E-state index in [4.69, 9.17) is 5.73 Å². The fourth-order valence-corrected chi connectivity index (χ4v) is 3.33. The molecule has 0 bridgehead atoms. The van der Waals surface area contributed by atoms with Crippen LogP contribution in [0.25, 0.3) is 0 Å². The number of carbonyl (C=O) groups is 1. The maximum Gasteiger partial charge on any atom is 0.241 e. The second-order valence-corrected chi connectivity index (χ2v) is 7.20. The number of fused-ring (bicyclic) bond motifs is 1. The SMILES string of the molecule is C[N+]1(C)CCN(CC(=O)N2CCCc3ccc(N)cc32)CC1. The third-order valence-electron chi connectivity index (χ3n) is 4.93. The molecule has 2 heterocycles. The summed E-state index contributed by atoms with van der Waals surface area (Å²) in [5.74, 6) is 0.207. The largest absolute Gasteiger partial charge is 0.399 e. The third kappa shape index (κ3) is 3.25. The van der Waals surface area contributed by atoms with Crippen LogP contribution < -0.4 is 10.6 Å². The van der Waals surface area contributed by atoms with Gasteiger partial charge in [-0.3, -0.25) is 9.69 Å². The van der Waals surface area contributed by atoms with Crippen molar-refractivity contribution in [1.29, 1.82) is 0 Å². The summed E-state index contributed by atoms with van der Waals surface area (Å²) >= 11 is 0. The number of anilines is 2. The van der Waals surface area contributed by atoms with Gasteiger partial charge in [-0.2, -0.15) is 0 Å². The van der Waals surface area contributed by atoms with E-state index in [0.29, 0.717) is 6.54 Å². The summed E-state index contributed by atoms with van der Waals surface area (Å²) in [6, 6.07) is 5.94. The Morgan fingerprint density at radius 2 is 1.95 bits per heavy atom. The van der Waals surface area contributed by atoms with Gasteiger partial charge in [0.1, 0.15) is 0 Å². The maximum atomic E-state index is 12.7. The first-order valence-electron chi connectivity index (χ1n) is 8.18. The molecule has 2 aliphatic rings. The highest BCUT2D eigenvalue weighted by atomic mass is 16.2. The number of amides is 1. The Labute approximate surface area is 132 Å². The molecule has 1 aromatic carbocycles. The average Bonchev–Trinajstić information content (AvgIpc) is 2.48. The minimum Gasteiger partial charge on any atom is -0.399 e. The molecule has 2 aliphatic heterocycles. The summed E-state index contributed by atoms with van der Waals surface area (Å²) in [7, 11) is 4.51. The van der Waals surface area contributed by atoms with Gasteiger partial charge in [-0.15, -0.1) is 0 Å². The van der Waals surface area contributed by atoms with E-state index < -0.39 is 0 Å². The first kappa shape index (κ1) is 15.3. The number of rotatable bonds is 2. The fourth-order valence-electron chi connectivity index (χ4n) is 3.33. The molecule has 22 heavy (non-hydrogen) atoms. The molecule has 1 aromatic rings. The zero-order valence-corrected chi connectivity index (χ0v) is 13.7. The van der Waals surface area contributed by atoms with Gasteiger partial charge in [0.15, 0.2) is 0 Å². The lowest BCUT2D eigenvalue weighted by Crippen LogP contribution is -2.56. The Morgan fingerprint density at radius 1 is 1.23 bits per heavy atom. The van der Waals surface area contributed by atoms with Crippen LogP contribution in [0.15, 0.2) is 18.2 Å². The molecule has 1 amide bonds. The number of aryl methyl sites for hydroxylation is 1. The summed E-state index contributed by atoms with van der Waals surface area (Å²) in [5, 5.41) is 0. The molecule has 5 heteroatoms. The molecule has 0 aromatic heterocycles. The van der Waals surface area contributed by atoms with Gasteiger partial charge in [-0.1, -0.05) is 6.07 Å². The van der Waals surface area contributed by atoms with Crippen molar-refractivity contribution in [3.05, 3.63) is 23.8 Å². The Hall–Kier alpha value is -1.59. The van der Waals surface area contributed by atoms with Crippen LogP contribution in [0.2, 0.25) is 0 Å². The molecule has 0 spiro atoms. The number of nitrogens with two attached hydrogens (primary N) is 1. The zero-order chi connectivity index (χ0) is 15.7. The van der Waals surface area contributed by atoms with E-state index in [1.54, 1.807) is 0 Å². The molecule has 3 rings (SSSR count). The number of quaternary nitrogens is 1. The lowest BCUT2D eigenvalue weighted by atomic mass is 10.0. The van der Waals surface area contributed by atoms with E-state index in [9.17, 15) is 4.79 Å². The predicted molar refractivity (Wildman–Crippen MR) is 89.8 cm³/mol. The van der Waals surface area contributed by atoms with Gasteiger partial charge < -0.3 is 15.1 Å². The Bertz CT molecular complexity index is 560. The highest BCUT2D eigenvalue weighted by Crippen LogP contribution is 2.29. The van der Waals surface area contributed by atoms with Gasteiger partial charge in [-0.05, 0) is 30.5 Å². The molecule has 0 unspecified atom stereocenters. The molecular formula is C17H27N4O+. The number of piperazine rings is 1. The summed E-state index contributed by atoms with van der Waals surface area (Å²) < 4.78 is 1.05. The van der Waals surface area contributed by atoms with E-state index in [2.05, 4.69) is 25.1 Å². The Balaban J connectivity index is 1.68. The van der Waals surface area contributed by atoms with Gasteiger partial charge in [0, 0.05) is 31.0 Å². The molecule has 0 aliphatic carbocycles. The number of likely N-dealkylation sites (N-methyl/N-ethyl adjacent to an activating group) is 1. The molecule has 0 atom stereocenters. The van der Waals surface area contributed by atoms with Crippen LogP contribution in [0.1, 0.15) is 12.0 Å². The fraction of sp³-hybridized carbons (Fsp3) is 0.588. The number of nitrogen functional groups attached to an aromatic ring is 1. The Morgan fingerprint density at radius 3 is 2.68 bits per heavy atom. The second kappa shape index (κ2) is 5.89. The van der Waals surface area contributed by atoms with Gasteiger partial charge in [-0.25, -0.2) is 0 Å². The van der Waals surface area contributed by atoms with Gasteiger partial charge in [0.2, 0.25) is 5.91 Å². The smallest absolute Gasteiger partial charge is 0.241 e. The topological polar surface area (TPSA) is 49.6 Å². The van der Waals surface area contributed by atoms with Gasteiger partial charge in [0.25, 0.3) is 0 Å². The van der Waals surface area contributed by atoms with E-state index in [1.807, 2.05) is 17.0 Å². The van der Waals surface area contributed by atoms with Crippen LogP contribution in [0.4, 0.5) is 11.4 Å². The lowest BCUT2D eigenvalue weighted by Gasteiger charge is -2.39. The van der Waals surface area contributed by atoms with Crippen LogP contribution in [0.5, 0.6) is 0 Å². The molecule has 0 saturated carbocycles. The standard InChI is InChI=1S/C17H27N4O/c1-21(2)10-8-19(9-11-21)13-17(22)20-7-3-4-14-5-6-15(18)12-16(14)20/h5-6,12H,3-4,7-11,13,18H2,1-2H3/q+1. The minimum absolute atomic E-state index is 0.207. The van der Waals surface area contributed by atoms with E-state index >= 15 is 0 Å². The van der Waals surface area contributed by atoms with Crippen LogP contribution >= 0.6 is 0 Å². The van der Waals surface area contributed by atoms with Crippen molar-refractivity contribution in [2.45, 2.75) is 12.8 Å². The number of hydrogen-bond donors (Lipinski definition) is 1. The molecule has 5 nitrogen and oxygen atoms in total. The number of hydrogen-bond acceptors (Lipinski definition) is 3. The number of benzene rings is 1. The molecule has 120 valence electrons. The molecule has 1 saturated heterocycles. The number of carbonyl (C=O) groups excluding carboxylic acids is 1. The van der Waals surface area contributed by atoms with E-state index in [-0.39, 0.29) is 5.91 Å². The second-order valence-electron chi connectivity index (χ2n) is 7.20. The van der Waals surface area contributed by atoms with Crippen LogP contribution in [0.3, 0.4) is 0 Å². The molecule has 1 fully saturated rings. The summed E-state index contributed by atoms with van der Waals surface area (Å²) in [5.41, 5.74) is 8.90. The van der Waals surface area contributed by atoms with E-state index in [0.717, 1.165) is 61.4 Å². The van der Waals surface area contributed by atoms with Crippen molar-refractivity contribution < 1.29 is 9.28 Å². The normalized spacial score (nSPS) is 21.5. The predicted octanol–water partition coefficient (Wildman–Crippen LogP) is 0.940. The first-order chi connectivity index (χ1) is 10.4. The molecule has 0 radical (unpaired) electrons. The quantitative estimate of drug-likeness (QED) is 0.653. The first-order valence-corrected chi connectivity index (χ1v) is 8.18. The highest BCUT2D eigenvalue weighted by molar-refractivity contribution is 5.96. The molecular weight excluding hydrogens is 276 g/mol. The summed E-state index contributed by atoms with van der Waals surface area (Å²) in [4.78, 5) is 17.0. The van der Waals surface area contributed by atoms with Crippen molar-refractivity contribution in [3.8, 4) is 0 Å². The maximum absolute atomic E-state index is 12.7. The van der Waals surface area contributed by atoms with Gasteiger partial charge in [0.05, 0.1) is 33.7 Å². The van der Waals surface area contributed by atoms with Gasteiger partial charge >= 0.3 is 0 Å². The zero-order valence-electron chi connectivity index (χ0n) is 13.7. The van der Waals surface area contributed by atoms with Crippen LogP contribution in [-0.2, 0) is 11.2 Å².